The Morgan fingerprint density at radius 2 is 1.83 bits per heavy atom. The molecule has 3 rings (SSSR count). The predicted molar refractivity (Wildman–Crippen MR) is 113 cm³/mol. The van der Waals surface area contributed by atoms with E-state index in [1.807, 2.05) is 37.3 Å². The monoisotopic (exact) mass is 416 g/mol. The third kappa shape index (κ3) is 6.30. The minimum Gasteiger partial charge on any atom is -0.492 e. The van der Waals surface area contributed by atoms with Crippen LogP contribution in [0.15, 0.2) is 47.4 Å². The van der Waals surface area contributed by atoms with Crippen LogP contribution >= 0.6 is 0 Å². The van der Waals surface area contributed by atoms with Gasteiger partial charge in [-0.2, -0.15) is 0 Å². The summed E-state index contributed by atoms with van der Waals surface area (Å²) in [5.74, 6) is 0.544. The Labute approximate surface area is 172 Å². The molecule has 1 amide bonds. The van der Waals surface area contributed by atoms with E-state index in [-0.39, 0.29) is 23.8 Å². The number of ether oxygens (including phenoxy) is 1. The first-order valence-electron chi connectivity index (χ1n) is 10.0. The van der Waals surface area contributed by atoms with Gasteiger partial charge in [-0.1, -0.05) is 18.2 Å². The van der Waals surface area contributed by atoms with Gasteiger partial charge in [0, 0.05) is 13.0 Å². The van der Waals surface area contributed by atoms with E-state index in [0.717, 1.165) is 42.6 Å². The van der Waals surface area contributed by atoms with E-state index in [1.165, 1.54) is 5.56 Å². The van der Waals surface area contributed by atoms with Crippen LogP contribution in [-0.2, 0) is 27.7 Å². The van der Waals surface area contributed by atoms with Crippen LogP contribution in [0.2, 0.25) is 0 Å². The molecule has 0 spiro atoms. The molecule has 7 heteroatoms. The molecule has 1 aliphatic carbocycles. The minimum absolute atomic E-state index is 0.0595. The van der Waals surface area contributed by atoms with Crippen LogP contribution in [0, 0.1) is 6.92 Å². The summed E-state index contributed by atoms with van der Waals surface area (Å²) in [6.45, 7) is 2.77. The van der Waals surface area contributed by atoms with E-state index in [1.54, 1.807) is 12.1 Å². The summed E-state index contributed by atoms with van der Waals surface area (Å²) in [6, 6.07) is 13.0. The summed E-state index contributed by atoms with van der Waals surface area (Å²) in [5, 5.41) is 2.74. The second-order valence-corrected chi connectivity index (χ2v) is 9.07. The van der Waals surface area contributed by atoms with Gasteiger partial charge in [-0.05, 0) is 73.6 Å². The van der Waals surface area contributed by atoms with Crippen molar-refractivity contribution in [1.82, 2.24) is 10.0 Å². The molecule has 0 unspecified atom stereocenters. The lowest BCUT2D eigenvalue weighted by Crippen LogP contribution is -2.32. The highest BCUT2D eigenvalue weighted by Gasteiger charge is 2.17. The lowest BCUT2D eigenvalue weighted by Gasteiger charge is -2.16. The quantitative estimate of drug-likeness (QED) is 0.616. The standard InChI is InChI=1S/C22H28N2O4S/c1-17-5-4-8-20(15-17)28-14-13-23-22(25)11-12-24-29(26,27)21-10-9-18-6-2-3-7-19(18)16-21/h4-5,8-10,15-16,24H,2-3,6-7,11-14H2,1H3,(H,23,25). The van der Waals surface area contributed by atoms with Crippen molar-refractivity contribution in [3.05, 3.63) is 59.2 Å². The van der Waals surface area contributed by atoms with E-state index in [0.29, 0.717) is 13.2 Å². The van der Waals surface area contributed by atoms with Crippen LogP contribution in [0.25, 0.3) is 0 Å². The molecule has 1 aliphatic rings. The van der Waals surface area contributed by atoms with Gasteiger partial charge in [0.15, 0.2) is 0 Å². The van der Waals surface area contributed by atoms with Gasteiger partial charge in [0.1, 0.15) is 12.4 Å². The van der Waals surface area contributed by atoms with Gasteiger partial charge < -0.3 is 10.1 Å². The number of benzene rings is 2. The summed E-state index contributed by atoms with van der Waals surface area (Å²) in [4.78, 5) is 12.2. The van der Waals surface area contributed by atoms with Gasteiger partial charge in [0.05, 0.1) is 11.4 Å². The molecule has 2 aromatic carbocycles. The number of fused-ring (bicyclic) bond motifs is 1. The third-order valence-electron chi connectivity index (χ3n) is 4.96. The lowest BCUT2D eigenvalue weighted by molar-refractivity contribution is -0.121. The van der Waals surface area contributed by atoms with Gasteiger partial charge in [0.2, 0.25) is 15.9 Å². The topological polar surface area (TPSA) is 84.5 Å². The Hall–Kier alpha value is -2.38. The second kappa shape index (κ2) is 9.89. The first-order chi connectivity index (χ1) is 13.9. The molecule has 29 heavy (non-hydrogen) atoms. The maximum atomic E-state index is 12.5. The SMILES string of the molecule is Cc1cccc(OCCNC(=O)CCNS(=O)(=O)c2ccc3c(c2)CCCC3)c1. The molecule has 6 nitrogen and oxygen atoms in total. The Balaban J connectivity index is 1.39. The van der Waals surface area contributed by atoms with Crippen molar-refractivity contribution in [2.75, 3.05) is 19.7 Å². The largest absolute Gasteiger partial charge is 0.492 e. The van der Waals surface area contributed by atoms with E-state index >= 15 is 0 Å². The zero-order valence-corrected chi connectivity index (χ0v) is 17.6. The second-order valence-electron chi connectivity index (χ2n) is 7.30. The highest BCUT2D eigenvalue weighted by Crippen LogP contribution is 2.24. The molecule has 156 valence electrons. The highest BCUT2D eigenvalue weighted by molar-refractivity contribution is 7.89. The number of nitrogens with one attached hydrogen (secondary N) is 2. The van der Waals surface area contributed by atoms with E-state index in [4.69, 9.17) is 4.74 Å². The average Bonchev–Trinajstić information content (AvgIpc) is 2.71. The number of sulfonamides is 1. The Kier molecular flexibility index (Phi) is 7.28. The van der Waals surface area contributed by atoms with Crippen molar-refractivity contribution in [3.63, 3.8) is 0 Å². The van der Waals surface area contributed by atoms with Gasteiger partial charge >= 0.3 is 0 Å². The Morgan fingerprint density at radius 3 is 2.62 bits per heavy atom. The maximum absolute atomic E-state index is 12.5. The fraction of sp³-hybridized carbons (Fsp3) is 0.409. The molecule has 0 atom stereocenters. The summed E-state index contributed by atoms with van der Waals surface area (Å²) in [5.41, 5.74) is 3.46. The summed E-state index contributed by atoms with van der Waals surface area (Å²) >= 11 is 0. The molecule has 0 saturated heterocycles. The summed E-state index contributed by atoms with van der Waals surface area (Å²) in [7, 11) is -3.61. The Morgan fingerprint density at radius 1 is 1.03 bits per heavy atom. The van der Waals surface area contributed by atoms with E-state index in [2.05, 4.69) is 10.0 Å². The summed E-state index contributed by atoms with van der Waals surface area (Å²) in [6.07, 6.45) is 4.26. The fourth-order valence-electron chi connectivity index (χ4n) is 3.41. The number of carbonyl (C=O) groups excluding carboxylic acids is 1. The first-order valence-corrected chi connectivity index (χ1v) is 11.5. The molecule has 0 radical (unpaired) electrons. The van der Waals surface area contributed by atoms with Crippen LogP contribution in [0.1, 0.15) is 36.0 Å². The van der Waals surface area contributed by atoms with Crippen molar-refractivity contribution < 1.29 is 17.9 Å². The molecule has 0 aromatic heterocycles. The molecule has 0 saturated carbocycles. The smallest absolute Gasteiger partial charge is 0.240 e. The van der Waals surface area contributed by atoms with Crippen molar-refractivity contribution in [2.45, 2.75) is 43.9 Å². The van der Waals surface area contributed by atoms with Gasteiger partial charge in [-0.15, -0.1) is 0 Å². The molecular weight excluding hydrogens is 388 g/mol. The van der Waals surface area contributed by atoms with E-state index < -0.39 is 10.0 Å². The number of amides is 1. The van der Waals surface area contributed by atoms with Gasteiger partial charge in [-0.3, -0.25) is 4.79 Å². The van der Waals surface area contributed by atoms with Crippen LogP contribution in [0.3, 0.4) is 0 Å². The van der Waals surface area contributed by atoms with Crippen molar-refractivity contribution in [1.29, 1.82) is 0 Å². The minimum atomic E-state index is -3.61. The van der Waals surface area contributed by atoms with Crippen molar-refractivity contribution in [3.8, 4) is 5.75 Å². The number of rotatable bonds is 9. The maximum Gasteiger partial charge on any atom is 0.240 e. The molecule has 0 fully saturated rings. The lowest BCUT2D eigenvalue weighted by atomic mass is 9.92. The van der Waals surface area contributed by atoms with Gasteiger partial charge in [-0.25, -0.2) is 13.1 Å². The predicted octanol–water partition coefficient (Wildman–Crippen LogP) is 2.74. The normalized spacial score (nSPS) is 13.6. The molecule has 2 N–H and O–H groups in total. The summed E-state index contributed by atoms with van der Waals surface area (Å²) < 4.78 is 33.1. The Bertz CT molecular complexity index is 957. The number of aryl methyl sites for hydroxylation is 3. The van der Waals surface area contributed by atoms with Crippen LogP contribution in [0.4, 0.5) is 0 Å². The highest BCUT2D eigenvalue weighted by atomic mass is 32.2. The molecule has 0 heterocycles. The van der Waals surface area contributed by atoms with Crippen molar-refractivity contribution in [2.24, 2.45) is 0 Å². The van der Waals surface area contributed by atoms with Crippen molar-refractivity contribution >= 4 is 15.9 Å². The third-order valence-corrected chi connectivity index (χ3v) is 6.42. The average molecular weight is 417 g/mol. The van der Waals surface area contributed by atoms with E-state index in [9.17, 15) is 13.2 Å². The molecule has 2 aromatic rings. The van der Waals surface area contributed by atoms with Crippen LogP contribution in [-0.4, -0.2) is 34.0 Å². The molecule has 0 aliphatic heterocycles. The van der Waals surface area contributed by atoms with Crippen LogP contribution < -0.4 is 14.8 Å². The number of hydrogen-bond donors (Lipinski definition) is 2. The fourth-order valence-corrected chi connectivity index (χ4v) is 4.49. The zero-order chi connectivity index (χ0) is 20.7. The molecular formula is C22H28N2O4S. The number of hydrogen-bond acceptors (Lipinski definition) is 4. The first kappa shape index (κ1) is 21.3. The molecule has 0 bridgehead atoms. The number of carbonyl (C=O) groups is 1. The van der Waals surface area contributed by atoms with Gasteiger partial charge in [0.25, 0.3) is 0 Å². The van der Waals surface area contributed by atoms with Crippen LogP contribution in [0.5, 0.6) is 5.75 Å². The zero-order valence-electron chi connectivity index (χ0n) is 16.7.